The van der Waals surface area contributed by atoms with Gasteiger partial charge in [0.1, 0.15) is 4.83 Å². The van der Waals surface area contributed by atoms with Gasteiger partial charge in [0.2, 0.25) is 0 Å². The number of carbonyl (C=O) groups is 1. The fourth-order valence-electron chi connectivity index (χ4n) is 3.21. The summed E-state index contributed by atoms with van der Waals surface area (Å²) in [6.45, 7) is 6.38. The van der Waals surface area contributed by atoms with Crippen molar-refractivity contribution in [2.24, 2.45) is 0 Å². The molecule has 1 aromatic carbocycles. The topological polar surface area (TPSA) is 50.2 Å². The second-order valence-corrected chi connectivity index (χ2v) is 7.82. The normalized spacial score (nSPS) is 18.0. The van der Waals surface area contributed by atoms with Gasteiger partial charge in [-0.15, -0.1) is 11.3 Å². The predicted octanol–water partition coefficient (Wildman–Crippen LogP) is 3.48. The molecule has 1 amide bonds. The van der Waals surface area contributed by atoms with Crippen molar-refractivity contribution in [3.05, 3.63) is 45.9 Å². The van der Waals surface area contributed by atoms with Crippen molar-refractivity contribution in [3.63, 3.8) is 0 Å². The number of nitrogens with one attached hydrogen (secondary N) is 1. The van der Waals surface area contributed by atoms with Crippen LogP contribution in [0.2, 0.25) is 5.02 Å². The first kappa shape index (κ1) is 16.6. The van der Waals surface area contributed by atoms with Crippen molar-refractivity contribution in [2.75, 3.05) is 19.6 Å². The van der Waals surface area contributed by atoms with E-state index in [2.05, 4.69) is 17.3 Å². The van der Waals surface area contributed by atoms with Gasteiger partial charge >= 0.3 is 0 Å². The summed E-state index contributed by atoms with van der Waals surface area (Å²) in [7, 11) is 0. The minimum absolute atomic E-state index is 0.0969. The Morgan fingerprint density at radius 3 is 2.96 bits per heavy atom. The second kappa shape index (κ2) is 6.44. The summed E-state index contributed by atoms with van der Waals surface area (Å²) < 4.78 is 1.84. The zero-order chi connectivity index (χ0) is 17.6. The molecule has 0 radical (unpaired) electrons. The van der Waals surface area contributed by atoms with Crippen LogP contribution in [0.4, 0.5) is 0 Å². The first-order chi connectivity index (χ1) is 12.0. The number of para-hydroxylation sites is 1. The van der Waals surface area contributed by atoms with Crippen LogP contribution in [0.3, 0.4) is 0 Å². The summed E-state index contributed by atoms with van der Waals surface area (Å²) >= 11 is 7.82. The lowest BCUT2D eigenvalue weighted by Crippen LogP contribution is -2.51. The molecule has 1 unspecified atom stereocenters. The summed E-state index contributed by atoms with van der Waals surface area (Å²) in [6.07, 6.45) is 0. The fourth-order valence-corrected chi connectivity index (χ4v) is 4.57. The first-order valence-electron chi connectivity index (χ1n) is 8.31. The monoisotopic (exact) mass is 374 g/mol. The number of benzene rings is 1. The fraction of sp³-hybridized carbons (Fsp3) is 0.333. The molecule has 1 atom stereocenters. The van der Waals surface area contributed by atoms with Gasteiger partial charge in [-0.3, -0.25) is 4.79 Å². The van der Waals surface area contributed by atoms with Crippen LogP contribution in [0.25, 0.3) is 15.9 Å². The van der Waals surface area contributed by atoms with Gasteiger partial charge in [-0.1, -0.05) is 23.7 Å². The predicted molar refractivity (Wildman–Crippen MR) is 102 cm³/mol. The Bertz CT molecular complexity index is 948. The van der Waals surface area contributed by atoms with Crippen molar-refractivity contribution < 1.29 is 4.79 Å². The van der Waals surface area contributed by atoms with Gasteiger partial charge in [0.25, 0.3) is 5.91 Å². The molecular weight excluding hydrogens is 356 g/mol. The Labute approximate surface area is 155 Å². The molecule has 1 saturated heterocycles. The highest BCUT2D eigenvalue weighted by Crippen LogP contribution is 2.33. The van der Waals surface area contributed by atoms with Crippen LogP contribution in [0.5, 0.6) is 0 Å². The minimum Gasteiger partial charge on any atom is -0.335 e. The first-order valence-corrected chi connectivity index (χ1v) is 9.51. The number of halogens is 1. The summed E-state index contributed by atoms with van der Waals surface area (Å²) in [5, 5.41) is 9.63. The second-order valence-electron chi connectivity index (χ2n) is 6.38. The molecule has 4 rings (SSSR count). The zero-order valence-corrected chi connectivity index (χ0v) is 15.7. The van der Waals surface area contributed by atoms with Crippen molar-refractivity contribution in [2.45, 2.75) is 19.9 Å². The lowest BCUT2D eigenvalue weighted by atomic mass is 10.2. The maximum absolute atomic E-state index is 12.9. The quantitative estimate of drug-likeness (QED) is 0.747. The van der Waals surface area contributed by atoms with E-state index in [0.29, 0.717) is 11.1 Å². The molecule has 1 fully saturated rings. The molecule has 3 heterocycles. The lowest BCUT2D eigenvalue weighted by molar-refractivity contribution is 0.0714. The molecule has 0 bridgehead atoms. The van der Waals surface area contributed by atoms with Crippen molar-refractivity contribution in [1.29, 1.82) is 0 Å². The Hall–Kier alpha value is -1.89. The van der Waals surface area contributed by atoms with Gasteiger partial charge in [0, 0.05) is 31.1 Å². The largest absolute Gasteiger partial charge is 0.335 e. The molecular formula is C18H19ClN4OS. The number of thiophene rings is 1. The summed E-state index contributed by atoms with van der Waals surface area (Å²) in [5.74, 6) is 0.0969. The van der Waals surface area contributed by atoms with E-state index in [1.807, 2.05) is 46.8 Å². The Balaban J connectivity index is 1.75. The SMILES string of the molecule is Cc1nn(-c2ccccc2Cl)c2sc(C(=O)N3CCNC(C)C3)cc12. The molecule has 7 heteroatoms. The van der Waals surface area contributed by atoms with Crippen LogP contribution >= 0.6 is 22.9 Å². The molecule has 0 spiro atoms. The third-order valence-corrected chi connectivity index (χ3v) is 5.91. The van der Waals surface area contributed by atoms with Crippen LogP contribution in [0, 0.1) is 6.92 Å². The molecule has 2 aromatic heterocycles. The highest BCUT2D eigenvalue weighted by molar-refractivity contribution is 7.20. The van der Waals surface area contributed by atoms with E-state index in [0.717, 1.165) is 46.1 Å². The number of aryl methyl sites for hydroxylation is 1. The van der Waals surface area contributed by atoms with E-state index in [1.165, 1.54) is 11.3 Å². The van der Waals surface area contributed by atoms with Crippen LogP contribution in [-0.4, -0.2) is 46.3 Å². The van der Waals surface area contributed by atoms with E-state index < -0.39 is 0 Å². The number of carbonyl (C=O) groups excluding carboxylic acids is 1. The van der Waals surface area contributed by atoms with Gasteiger partial charge < -0.3 is 10.2 Å². The Morgan fingerprint density at radius 1 is 1.40 bits per heavy atom. The molecule has 1 aliphatic rings. The molecule has 0 saturated carbocycles. The van der Waals surface area contributed by atoms with Crippen LogP contribution < -0.4 is 5.32 Å². The smallest absolute Gasteiger partial charge is 0.264 e. The number of piperazine rings is 1. The molecule has 0 aliphatic carbocycles. The van der Waals surface area contributed by atoms with E-state index in [1.54, 1.807) is 0 Å². The van der Waals surface area contributed by atoms with Gasteiger partial charge in [0.15, 0.2) is 0 Å². The van der Waals surface area contributed by atoms with Crippen molar-refractivity contribution in [1.82, 2.24) is 20.0 Å². The van der Waals surface area contributed by atoms with Crippen LogP contribution in [-0.2, 0) is 0 Å². The van der Waals surface area contributed by atoms with Gasteiger partial charge in [-0.2, -0.15) is 5.10 Å². The Kier molecular flexibility index (Phi) is 4.27. The summed E-state index contributed by atoms with van der Waals surface area (Å²) in [6, 6.07) is 9.91. The van der Waals surface area contributed by atoms with E-state index >= 15 is 0 Å². The number of hydrogen-bond donors (Lipinski definition) is 1. The molecule has 25 heavy (non-hydrogen) atoms. The third-order valence-electron chi connectivity index (χ3n) is 4.49. The molecule has 5 nitrogen and oxygen atoms in total. The lowest BCUT2D eigenvalue weighted by Gasteiger charge is -2.31. The van der Waals surface area contributed by atoms with Gasteiger partial charge in [-0.25, -0.2) is 4.68 Å². The molecule has 1 N–H and O–H groups in total. The summed E-state index contributed by atoms with van der Waals surface area (Å²) in [5.41, 5.74) is 1.73. The van der Waals surface area contributed by atoms with E-state index in [9.17, 15) is 4.79 Å². The maximum atomic E-state index is 12.9. The molecule has 3 aromatic rings. The average Bonchev–Trinajstić information content (AvgIpc) is 3.16. The zero-order valence-electron chi connectivity index (χ0n) is 14.1. The molecule has 130 valence electrons. The van der Waals surface area contributed by atoms with Crippen LogP contribution in [0.1, 0.15) is 22.3 Å². The number of aromatic nitrogens is 2. The summed E-state index contributed by atoms with van der Waals surface area (Å²) in [4.78, 5) is 16.5. The molecule has 1 aliphatic heterocycles. The maximum Gasteiger partial charge on any atom is 0.264 e. The highest BCUT2D eigenvalue weighted by atomic mass is 35.5. The van der Waals surface area contributed by atoms with Gasteiger partial charge in [0.05, 0.1) is 21.3 Å². The Morgan fingerprint density at radius 2 is 2.20 bits per heavy atom. The number of amides is 1. The number of rotatable bonds is 2. The van der Waals surface area contributed by atoms with Gasteiger partial charge in [-0.05, 0) is 32.0 Å². The van der Waals surface area contributed by atoms with Crippen molar-refractivity contribution >= 4 is 39.1 Å². The number of hydrogen-bond acceptors (Lipinski definition) is 4. The number of nitrogens with zero attached hydrogens (tertiary/aromatic N) is 3. The van der Waals surface area contributed by atoms with E-state index in [4.69, 9.17) is 11.6 Å². The van der Waals surface area contributed by atoms with Crippen molar-refractivity contribution in [3.8, 4) is 5.69 Å². The highest BCUT2D eigenvalue weighted by Gasteiger charge is 2.25. The average molecular weight is 375 g/mol. The third kappa shape index (κ3) is 2.94. The standard InChI is InChI=1S/C18H19ClN4OS/c1-11-10-22(8-7-20-11)17(24)16-9-13-12(2)21-23(18(13)25-16)15-6-4-3-5-14(15)19/h3-6,9,11,20H,7-8,10H2,1-2H3. The number of fused-ring (bicyclic) bond motifs is 1. The van der Waals surface area contributed by atoms with Crippen LogP contribution in [0.15, 0.2) is 30.3 Å². The van der Waals surface area contributed by atoms with E-state index in [-0.39, 0.29) is 5.91 Å². The minimum atomic E-state index is 0.0969.